The Labute approximate surface area is 106 Å². The van der Waals surface area contributed by atoms with Crippen LogP contribution in [0.5, 0.6) is 0 Å². The number of carboxylic acid groups (broad SMARTS) is 1. The molecule has 0 aliphatic carbocycles. The van der Waals surface area contributed by atoms with E-state index in [2.05, 4.69) is 14.9 Å². The highest BCUT2D eigenvalue weighted by Gasteiger charge is 2.23. The summed E-state index contributed by atoms with van der Waals surface area (Å²) in [5.74, 6) is -0.331. The molecule has 1 saturated heterocycles. The van der Waals surface area contributed by atoms with Crippen molar-refractivity contribution in [2.45, 2.75) is 25.3 Å². The number of rotatable bonds is 4. The fourth-order valence-electron chi connectivity index (χ4n) is 2.25. The second-order valence-corrected chi connectivity index (χ2v) is 4.36. The van der Waals surface area contributed by atoms with Gasteiger partial charge in [0.05, 0.1) is 25.0 Å². The largest absolute Gasteiger partial charge is 0.476 e. The Morgan fingerprint density at radius 3 is 2.94 bits per heavy atom. The van der Waals surface area contributed by atoms with Gasteiger partial charge in [-0.05, 0) is 19.3 Å². The topological polar surface area (TPSA) is 75.5 Å². The van der Waals surface area contributed by atoms with Crippen molar-refractivity contribution < 1.29 is 14.6 Å². The van der Waals surface area contributed by atoms with Crippen LogP contribution in [0.25, 0.3) is 0 Å². The fourth-order valence-corrected chi connectivity index (χ4v) is 2.25. The molecule has 0 amide bonds. The van der Waals surface area contributed by atoms with E-state index in [1.165, 1.54) is 18.8 Å². The molecule has 1 atom stereocenters. The smallest absolute Gasteiger partial charge is 0.356 e. The number of carboxylic acids is 1. The Morgan fingerprint density at radius 1 is 1.50 bits per heavy atom. The van der Waals surface area contributed by atoms with Gasteiger partial charge in [0.2, 0.25) is 0 Å². The van der Waals surface area contributed by atoms with E-state index in [1.807, 2.05) is 0 Å². The zero-order valence-corrected chi connectivity index (χ0v) is 10.4. The average molecular weight is 251 g/mol. The highest BCUT2D eigenvalue weighted by atomic mass is 16.5. The summed E-state index contributed by atoms with van der Waals surface area (Å²) in [4.78, 5) is 21.0. The third-order valence-corrected chi connectivity index (χ3v) is 3.14. The molecular weight excluding hydrogens is 234 g/mol. The number of hydrogen-bond acceptors (Lipinski definition) is 5. The minimum absolute atomic E-state index is 0.0287. The number of aromatic carboxylic acids is 1. The van der Waals surface area contributed by atoms with Crippen LogP contribution in [-0.4, -0.2) is 47.3 Å². The summed E-state index contributed by atoms with van der Waals surface area (Å²) in [7, 11) is 1.69. The van der Waals surface area contributed by atoms with Gasteiger partial charge in [-0.25, -0.2) is 14.8 Å². The van der Waals surface area contributed by atoms with Crippen molar-refractivity contribution in [3.8, 4) is 0 Å². The molecule has 1 aromatic rings. The van der Waals surface area contributed by atoms with E-state index >= 15 is 0 Å². The standard InChI is InChI=1S/C12H17N3O3/c1-18-8-9-4-2-3-5-15(9)11-7-13-10(6-14-11)12(16)17/h6-7,9H,2-5,8H2,1H3,(H,16,17). The Balaban J connectivity index is 2.15. The van der Waals surface area contributed by atoms with Crippen molar-refractivity contribution in [1.82, 2.24) is 9.97 Å². The van der Waals surface area contributed by atoms with Crippen LogP contribution >= 0.6 is 0 Å². The van der Waals surface area contributed by atoms with Crippen LogP contribution in [0.3, 0.4) is 0 Å². The second-order valence-electron chi connectivity index (χ2n) is 4.36. The number of piperidine rings is 1. The van der Waals surface area contributed by atoms with E-state index in [1.54, 1.807) is 7.11 Å². The van der Waals surface area contributed by atoms with E-state index < -0.39 is 5.97 Å². The minimum Gasteiger partial charge on any atom is -0.476 e. The molecule has 1 fully saturated rings. The Hall–Kier alpha value is -1.69. The third kappa shape index (κ3) is 2.76. The molecule has 0 bridgehead atoms. The van der Waals surface area contributed by atoms with Crippen LogP contribution in [0.1, 0.15) is 29.8 Å². The highest BCUT2D eigenvalue weighted by Crippen LogP contribution is 2.22. The van der Waals surface area contributed by atoms with Crippen LogP contribution in [0, 0.1) is 0 Å². The lowest BCUT2D eigenvalue weighted by Gasteiger charge is -2.35. The van der Waals surface area contributed by atoms with Gasteiger partial charge in [-0.3, -0.25) is 0 Å². The molecular formula is C12H17N3O3. The SMILES string of the molecule is COCC1CCCCN1c1cnc(C(=O)O)cn1. The lowest BCUT2D eigenvalue weighted by atomic mass is 10.0. The zero-order chi connectivity index (χ0) is 13.0. The molecule has 1 unspecified atom stereocenters. The van der Waals surface area contributed by atoms with Crippen LogP contribution in [0.15, 0.2) is 12.4 Å². The Kier molecular flexibility index (Phi) is 4.09. The lowest BCUT2D eigenvalue weighted by Crippen LogP contribution is -2.42. The third-order valence-electron chi connectivity index (χ3n) is 3.14. The van der Waals surface area contributed by atoms with E-state index in [0.717, 1.165) is 25.2 Å². The van der Waals surface area contributed by atoms with Gasteiger partial charge in [0.15, 0.2) is 5.69 Å². The van der Waals surface area contributed by atoms with Crippen LogP contribution < -0.4 is 4.90 Å². The van der Waals surface area contributed by atoms with Crippen LogP contribution in [0.4, 0.5) is 5.82 Å². The van der Waals surface area contributed by atoms with Crippen molar-refractivity contribution in [1.29, 1.82) is 0 Å². The summed E-state index contributed by atoms with van der Waals surface area (Å²) >= 11 is 0. The molecule has 18 heavy (non-hydrogen) atoms. The molecule has 2 rings (SSSR count). The zero-order valence-electron chi connectivity index (χ0n) is 10.4. The number of aromatic nitrogens is 2. The van der Waals surface area contributed by atoms with Crippen LogP contribution in [0.2, 0.25) is 0 Å². The molecule has 6 nitrogen and oxygen atoms in total. The first-order valence-electron chi connectivity index (χ1n) is 6.03. The molecule has 0 aromatic carbocycles. The van der Waals surface area contributed by atoms with E-state index in [0.29, 0.717) is 12.6 Å². The van der Waals surface area contributed by atoms with Gasteiger partial charge >= 0.3 is 5.97 Å². The number of hydrogen-bond donors (Lipinski definition) is 1. The van der Waals surface area contributed by atoms with Crippen LogP contribution in [-0.2, 0) is 4.74 Å². The molecule has 6 heteroatoms. The summed E-state index contributed by atoms with van der Waals surface area (Å²) < 4.78 is 5.21. The minimum atomic E-state index is -1.05. The normalized spacial score (nSPS) is 19.8. The Morgan fingerprint density at radius 2 is 2.33 bits per heavy atom. The monoisotopic (exact) mass is 251 g/mol. The van der Waals surface area contributed by atoms with Crippen molar-refractivity contribution in [3.05, 3.63) is 18.1 Å². The number of carbonyl (C=O) groups is 1. The summed E-state index contributed by atoms with van der Waals surface area (Å²) in [6.07, 6.45) is 6.19. The molecule has 1 N–H and O–H groups in total. The quantitative estimate of drug-likeness (QED) is 0.866. The number of nitrogens with zero attached hydrogens (tertiary/aromatic N) is 3. The maximum Gasteiger partial charge on any atom is 0.356 e. The van der Waals surface area contributed by atoms with Gasteiger partial charge in [-0.1, -0.05) is 0 Å². The first kappa shape index (κ1) is 12.8. The summed E-state index contributed by atoms with van der Waals surface area (Å²) in [5, 5.41) is 8.79. The van der Waals surface area contributed by atoms with Gasteiger partial charge < -0.3 is 14.7 Å². The van der Waals surface area contributed by atoms with Crippen molar-refractivity contribution in [2.75, 3.05) is 25.2 Å². The Bertz CT molecular complexity index is 406. The van der Waals surface area contributed by atoms with Gasteiger partial charge in [0.1, 0.15) is 5.82 Å². The molecule has 0 spiro atoms. The molecule has 1 aliphatic rings. The van der Waals surface area contributed by atoms with Gasteiger partial charge in [0.25, 0.3) is 0 Å². The number of anilines is 1. The molecule has 2 heterocycles. The summed E-state index contributed by atoms with van der Waals surface area (Å²) in [6.45, 7) is 1.57. The first-order valence-corrected chi connectivity index (χ1v) is 6.03. The van der Waals surface area contributed by atoms with E-state index in [-0.39, 0.29) is 5.69 Å². The lowest BCUT2D eigenvalue weighted by molar-refractivity contribution is 0.0690. The maximum absolute atomic E-state index is 10.7. The maximum atomic E-state index is 10.7. The molecule has 0 saturated carbocycles. The second kappa shape index (κ2) is 5.77. The molecule has 1 aliphatic heterocycles. The summed E-state index contributed by atoms with van der Waals surface area (Å²) in [5.41, 5.74) is -0.0287. The highest BCUT2D eigenvalue weighted by molar-refractivity contribution is 5.84. The molecule has 98 valence electrons. The van der Waals surface area contributed by atoms with Gasteiger partial charge in [0, 0.05) is 13.7 Å². The van der Waals surface area contributed by atoms with Crippen molar-refractivity contribution in [3.63, 3.8) is 0 Å². The van der Waals surface area contributed by atoms with Gasteiger partial charge in [-0.15, -0.1) is 0 Å². The van der Waals surface area contributed by atoms with E-state index in [4.69, 9.17) is 9.84 Å². The first-order chi connectivity index (χ1) is 8.72. The predicted molar refractivity (Wildman–Crippen MR) is 65.9 cm³/mol. The average Bonchev–Trinajstić information content (AvgIpc) is 2.40. The van der Waals surface area contributed by atoms with E-state index in [9.17, 15) is 4.79 Å². The van der Waals surface area contributed by atoms with Gasteiger partial charge in [-0.2, -0.15) is 0 Å². The summed E-state index contributed by atoms with van der Waals surface area (Å²) in [6, 6.07) is 0.300. The van der Waals surface area contributed by atoms with Crippen molar-refractivity contribution >= 4 is 11.8 Å². The fraction of sp³-hybridized carbons (Fsp3) is 0.583. The number of ether oxygens (including phenoxy) is 1. The predicted octanol–water partition coefficient (Wildman–Crippen LogP) is 1.18. The number of methoxy groups -OCH3 is 1. The molecule has 1 aromatic heterocycles. The van der Waals surface area contributed by atoms with Crippen molar-refractivity contribution in [2.24, 2.45) is 0 Å². The molecule has 0 radical (unpaired) electrons.